The lowest BCUT2D eigenvalue weighted by molar-refractivity contribution is 0.0686. The van der Waals surface area contributed by atoms with Gasteiger partial charge in [-0.3, -0.25) is 4.79 Å². The van der Waals surface area contributed by atoms with E-state index in [1.54, 1.807) is 24.3 Å². The van der Waals surface area contributed by atoms with Crippen LogP contribution >= 0.6 is 11.6 Å². The molecule has 2 aromatic carbocycles. The number of nitrogens with zero attached hydrogens (tertiary/aromatic N) is 3. The first-order valence-corrected chi connectivity index (χ1v) is 9.23. The van der Waals surface area contributed by atoms with Crippen molar-refractivity contribution in [1.82, 2.24) is 15.0 Å². The number of carbonyl (C=O) groups excluding carboxylic acids is 1. The second kappa shape index (κ2) is 7.67. The Hall–Kier alpha value is -2.80. The van der Waals surface area contributed by atoms with Crippen molar-refractivity contribution in [3.8, 4) is 11.4 Å². The smallest absolute Gasteiger partial charge is 0.259 e. The van der Waals surface area contributed by atoms with Crippen molar-refractivity contribution in [1.29, 1.82) is 0 Å². The molecular weight excluding hydrogens is 388 g/mol. The molecule has 1 aliphatic rings. The molecule has 0 unspecified atom stereocenters. The third-order valence-electron chi connectivity index (χ3n) is 4.78. The molecule has 0 aliphatic carbocycles. The number of benzene rings is 2. The SMILES string of the molecule is O=C(c1c(F)cccc1F)N1CCC[C@H](c2nc(-c3ccc(Cl)cc3)no2)C1. The third kappa shape index (κ3) is 3.62. The Bertz CT molecular complexity index is 987. The molecule has 1 amide bonds. The summed E-state index contributed by atoms with van der Waals surface area (Å²) in [4.78, 5) is 18.5. The summed E-state index contributed by atoms with van der Waals surface area (Å²) >= 11 is 5.89. The minimum atomic E-state index is -0.866. The molecule has 1 saturated heterocycles. The van der Waals surface area contributed by atoms with E-state index >= 15 is 0 Å². The molecule has 8 heteroatoms. The zero-order valence-corrected chi connectivity index (χ0v) is 15.5. The number of carbonyl (C=O) groups is 1. The van der Waals surface area contributed by atoms with Gasteiger partial charge in [-0.15, -0.1) is 0 Å². The number of halogens is 3. The molecule has 1 atom stereocenters. The first-order valence-electron chi connectivity index (χ1n) is 8.86. The largest absolute Gasteiger partial charge is 0.339 e. The van der Waals surface area contributed by atoms with Crippen LogP contribution in [0.4, 0.5) is 8.78 Å². The Balaban J connectivity index is 1.53. The summed E-state index contributed by atoms with van der Waals surface area (Å²) in [5, 5.41) is 4.60. The molecule has 1 aromatic heterocycles. The van der Waals surface area contributed by atoms with Crippen LogP contribution in [0, 0.1) is 11.6 Å². The van der Waals surface area contributed by atoms with Gasteiger partial charge in [-0.25, -0.2) is 8.78 Å². The van der Waals surface area contributed by atoms with Crippen molar-refractivity contribution in [3.63, 3.8) is 0 Å². The summed E-state index contributed by atoms with van der Waals surface area (Å²) < 4.78 is 33.3. The molecular formula is C20H16ClF2N3O2. The Kier molecular flexibility index (Phi) is 5.09. The van der Waals surface area contributed by atoms with Gasteiger partial charge in [0.15, 0.2) is 0 Å². The lowest BCUT2D eigenvalue weighted by Crippen LogP contribution is -2.40. The van der Waals surface area contributed by atoms with E-state index in [-0.39, 0.29) is 12.5 Å². The van der Waals surface area contributed by atoms with Crippen LogP contribution in [-0.4, -0.2) is 34.0 Å². The summed E-state index contributed by atoms with van der Waals surface area (Å²) in [5.41, 5.74) is 0.229. The Morgan fingerprint density at radius 3 is 2.57 bits per heavy atom. The van der Waals surface area contributed by atoms with Gasteiger partial charge in [-0.05, 0) is 49.2 Å². The van der Waals surface area contributed by atoms with E-state index < -0.39 is 23.1 Å². The average molecular weight is 404 g/mol. The van der Waals surface area contributed by atoms with Crippen LogP contribution in [0.1, 0.15) is 35.0 Å². The van der Waals surface area contributed by atoms with E-state index in [0.717, 1.165) is 24.1 Å². The van der Waals surface area contributed by atoms with Gasteiger partial charge in [0.1, 0.15) is 17.2 Å². The molecule has 1 aliphatic heterocycles. The third-order valence-corrected chi connectivity index (χ3v) is 5.03. The lowest BCUT2D eigenvalue weighted by atomic mass is 9.97. The number of likely N-dealkylation sites (tertiary alicyclic amines) is 1. The van der Waals surface area contributed by atoms with Crippen LogP contribution in [0.5, 0.6) is 0 Å². The number of aromatic nitrogens is 2. The summed E-state index contributed by atoms with van der Waals surface area (Å²) in [7, 11) is 0. The van der Waals surface area contributed by atoms with Gasteiger partial charge in [0.05, 0.1) is 5.92 Å². The fourth-order valence-electron chi connectivity index (χ4n) is 3.34. The van der Waals surface area contributed by atoms with Gasteiger partial charge in [0.25, 0.3) is 5.91 Å². The molecule has 5 nitrogen and oxygen atoms in total. The van der Waals surface area contributed by atoms with Gasteiger partial charge in [0, 0.05) is 23.7 Å². The van der Waals surface area contributed by atoms with Crippen molar-refractivity contribution in [3.05, 3.63) is 70.6 Å². The molecule has 1 fully saturated rings. The highest BCUT2D eigenvalue weighted by molar-refractivity contribution is 6.30. The van der Waals surface area contributed by atoms with Gasteiger partial charge in [-0.1, -0.05) is 22.8 Å². The van der Waals surface area contributed by atoms with Crippen molar-refractivity contribution >= 4 is 17.5 Å². The maximum Gasteiger partial charge on any atom is 0.259 e. The highest BCUT2D eigenvalue weighted by Gasteiger charge is 2.31. The first-order chi connectivity index (χ1) is 13.5. The zero-order valence-electron chi connectivity index (χ0n) is 14.7. The van der Waals surface area contributed by atoms with Crippen molar-refractivity contribution < 1.29 is 18.1 Å². The van der Waals surface area contributed by atoms with Crippen LogP contribution in [0.3, 0.4) is 0 Å². The van der Waals surface area contributed by atoms with Gasteiger partial charge in [-0.2, -0.15) is 4.98 Å². The quantitative estimate of drug-likeness (QED) is 0.636. The molecule has 3 aromatic rings. The van der Waals surface area contributed by atoms with Crippen LogP contribution in [0.15, 0.2) is 47.0 Å². The Morgan fingerprint density at radius 2 is 1.86 bits per heavy atom. The van der Waals surface area contributed by atoms with Crippen molar-refractivity contribution in [2.45, 2.75) is 18.8 Å². The predicted molar refractivity (Wildman–Crippen MR) is 99.0 cm³/mol. The standard InChI is InChI=1S/C20H16ClF2N3O2/c21-14-8-6-12(7-9-14)18-24-19(28-25-18)13-3-2-10-26(11-13)20(27)17-15(22)4-1-5-16(17)23/h1,4-9,13H,2-3,10-11H2/t13-/m0/s1. The molecule has 0 spiro atoms. The Morgan fingerprint density at radius 1 is 1.14 bits per heavy atom. The van der Waals surface area contributed by atoms with E-state index in [2.05, 4.69) is 10.1 Å². The van der Waals surface area contributed by atoms with E-state index in [1.807, 2.05) is 0 Å². The van der Waals surface area contributed by atoms with Crippen molar-refractivity contribution in [2.24, 2.45) is 0 Å². The molecule has 4 rings (SSSR count). The van der Waals surface area contributed by atoms with Crippen molar-refractivity contribution in [2.75, 3.05) is 13.1 Å². The predicted octanol–water partition coefficient (Wildman–Crippen LogP) is 4.69. The fraction of sp³-hybridized carbons (Fsp3) is 0.250. The topological polar surface area (TPSA) is 59.2 Å². The van der Waals surface area contributed by atoms with Gasteiger partial charge >= 0.3 is 0 Å². The molecule has 144 valence electrons. The first kappa shape index (κ1) is 18.6. The molecule has 0 bridgehead atoms. The number of amides is 1. The minimum Gasteiger partial charge on any atom is -0.339 e. The molecule has 28 heavy (non-hydrogen) atoms. The maximum atomic E-state index is 14.0. The second-order valence-corrected chi connectivity index (χ2v) is 7.09. The van der Waals surface area contributed by atoms with E-state index in [0.29, 0.717) is 29.7 Å². The lowest BCUT2D eigenvalue weighted by Gasteiger charge is -2.31. The van der Waals surface area contributed by atoms with Crippen LogP contribution in [-0.2, 0) is 0 Å². The van der Waals surface area contributed by atoms with E-state index in [1.165, 1.54) is 11.0 Å². The normalized spacial score (nSPS) is 17.0. The molecule has 2 heterocycles. The number of piperidine rings is 1. The van der Waals surface area contributed by atoms with Crippen LogP contribution in [0.25, 0.3) is 11.4 Å². The van der Waals surface area contributed by atoms with Crippen LogP contribution < -0.4 is 0 Å². The minimum absolute atomic E-state index is 0.193. The summed E-state index contributed by atoms with van der Waals surface area (Å²) in [6.45, 7) is 0.677. The summed E-state index contributed by atoms with van der Waals surface area (Å²) in [6, 6.07) is 10.4. The summed E-state index contributed by atoms with van der Waals surface area (Å²) in [5.74, 6) is -1.77. The number of hydrogen-bond acceptors (Lipinski definition) is 4. The molecule has 0 saturated carbocycles. The van der Waals surface area contributed by atoms with Crippen LogP contribution in [0.2, 0.25) is 5.02 Å². The second-order valence-electron chi connectivity index (χ2n) is 6.65. The fourth-order valence-corrected chi connectivity index (χ4v) is 3.47. The van der Waals surface area contributed by atoms with Gasteiger partial charge < -0.3 is 9.42 Å². The highest BCUT2D eigenvalue weighted by atomic mass is 35.5. The number of rotatable bonds is 3. The van der Waals surface area contributed by atoms with E-state index in [4.69, 9.17) is 16.1 Å². The number of hydrogen-bond donors (Lipinski definition) is 0. The van der Waals surface area contributed by atoms with E-state index in [9.17, 15) is 13.6 Å². The zero-order chi connectivity index (χ0) is 19.7. The van der Waals surface area contributed by atoms with Gasteiger partial charge in [0.2, 0.25) is 11.7 Å². The monoisotopic (exact) mass is 403 g/mol. The Labute approximate surface area is 164 Å². The average Bonchev–Trinajstić information content (AvgIpc) is 3.19. The molecule has 0 radical (unpaired) electrons. The maximum absolute atomic E-state index is 14.0. The highest BCUT2D eigenvalue weighted by Crippen LogP contribution is 2.29. The summed E-state index contributed by atoms with van der Waals surface area (Å²) in [6.07, 6.45) is 1.41. The molecule has 0 N–H and O–H groups in total.